The van der Waals surface area contributed by atoms with Gasteiger partial charge in [0.25, 0.3) is 0 Å². The first-order chi connectivity index (χ1) is 9.47. The van der Waals surface area contributed by atoms with Gasteiger partial charge in [0.15, 0.2) is 11.6 Å². The minimum Gasteiger partial charge on any atom is -0.486 e. The van der Waals surface area contributed by atoms with E-state index in [-0.39, 0.29) is 22.9 Å². The van der Waals surface area contributed by atoms with Crippen LogP contribution >= 0.6 is 12.2 Å². The van der Waals surface area contributed by atoms with Gasteiger partial charge in [0, 0.05) is 17.2 Å². The van der Waals surface area contributed by atoms with Crippen LogP contribution in [0.3, 0.4) is 0 Å². The number of hydrogen-bond donors (Lipinski definition) is 1. The standard InChI is InChI=1S/C14H10F3NOS/c15-10-3-4-11(16)13(6-10)19-7-9-2-1-8(14(18)20)5-12(9)17/h1-6H,7H2,(H2,18,20). The fourth-order valence-electron chi connectivity index (χ4n) is 1.56. The Hall–Kier alpha value is -2.08. The van der Waals surface area contributed by atoms with Crippen molar-refractivity contribution in [3.63, 3.8) is 0 Å². The molecule has 2 nitrogen and oxygen atoms in total. The third kappa shape index (κ3) is 3.27. The molecule has 6 heteroatoms. The number of nitrogens with two attached hydrogens (primary N) is 1. The van der Waals surface area contributed by atoms with E-state index in [1.165, 1.54) is 18.2 Å². The van der Waals surface area contributed by atoms with E-state index in [1.54, 1.807) is 0 Å². The first-order valence-corrected chi connectivity index (χ1v) is 6.04. The third-order valence-corrected chi connectivity index (χ3v) is 2.85. The highest BCUT2D eigenvalue weighted by atomic mass is 32.1. The fourth-order valence-corrected chi connectivity index (χ4v) is 1.69. The SMILES string of the molecule is NC(=S)c1ccc(COc2cc(F)ccc2F)c(F)c1. The highest BCUT2D eigenvalue weighted by Crippen LogP contribution is 2.20. The Balaban J connectivity index is 2.15. The molecule has 2 N–H and O–H groups in total. The zero-order chi connectivity index (χ0) is 14.7. The van der Waals surface area contributed by atoms with Gasteiger partial charge in [-0.3, -0.25) is 0 Å². The van der Waals surface area contributed by atoms with Crippen molar-refractivity contribution in [2.45, 2.75) is 6.61 Å². The molecule has 0 aliphatic heterocycles. The van der Waals surface area contributed by atoms with E-state index in [4.69, 9.17) is 22.7 Å². The summed E-state index contributed by atoms with van der Waals surface area (Å²) in [6.45, 7) is -0.232. The van der Waals surface area contributed by atoms with E-state index in [0.717, 1.165) is 18.2 Å². The van der Waals surface area contributed by atoms with Crippen LogP contribution in [0, 0.1) is 17.5 Å². The summed E-state index contributed by atoms with van der Waals surface area (Å²) in [6.07, 6.45) is 0. The molecule has 0 aliphatic rings. The van der Waals surface area contributed by atoms with Gasteiger partial charge in [0.2, 0.25) is 0 Å². The van der Waals surface area contributed by atoms with Gasteiger partial charge in [-0.25, -0.2) is 13.2 Å². The van der Waals surface area contributed by atoms with Crippen molar-refractivity contribution in [2.75, 3.05) is 0 Å². The maximum Gasteiger partial charge on any atom is 0.165 e. The molecule has 20 heavy (non-hydrogen) atoms. The average molecular weight is 297 g/mol. The first-order valence-electron chi connectivity index (χ1n) is 5.63. The average Bonchev–Trinajstić information content (AvgIpc) is 2.40. The van der Waals surface area contributed by atoms with E-state index < -0.39 is 17.5 Å². The molecule has 0 bridgehead atoms. The molecule has 2 aromatic rings. The Morgan fingerprint density at radius 1 is 1.05 bits per heavy atom. The number of hydrogen-bond acceptors (Lipinski definition) is 2. The van der Waals surface area contributed by atoms with Crippen molar-refractivity contribution in [1.29, 1.82) is 0 Å². The Morgan fingerprint density at radius 3 is 2.45 bits per heavy atom. The fraction of sp³-hybridized carbons (Fsp3) is 0.0714. The normalized spacial score (nSPS) is 10.3. The molecule has 104 valence electrons. The molecule has 0 amide bonds. The summed E-state index contributed by atoms with van der Waals surface area (Å²) in [5, 5.41) is 0. The molecular weight excluding hydrogens is 287 g/mol. The van der Waals surface area contributed by atoms with Gasteiger partial charge >= 0.3 is 0 Å². The second-order valence-corrected chi connectivity index (χ2v) is 4.47. The first kappa shape index (κ1) is 14.3. The van der Waals surface area contributed by atoms with Crippen LogP contribution in [0.15, 0.2) is 36.4 Å². The molecule has 2 aromatic carbocycles. The zero-order valence-corrected chi connectivity index (χ0v) is 11.0. The number of benzene rings is 2. The number of ether oxygens (including phenoxy) is 1. The topological polar surface area (TPSA) is 35.2 Å². The number of thiocarbonyl (C=S) groups is 1. The monoisotopic (exact) mass is 297 g/mol. The smallest absolute Gasteiger partial charge is 0.165 e. The molecule has 0 aromatic heterocycles. The molecule has 0 heterocycles. The Kier molecular flexibility index (Phi) is 4.24. The summed E-state index contributed by atoms with van der Waals surface area (Å²) in [6, 6.07) is 6.95. The largest absolute Gasteiger partial charge is 0.486 e. The van der Waals surface area contributed by atoms with E-state index >= 15 is 0 Å². The molecule has 0 saturated carbocycles. The van der Waals surface area contributed by atoms with Crippen molar-refractivity contribution >= 4 is 17.2 Å². The van der Waals surface area contributed by atoms with E-state index in [0.29, 0.717) is 5.56 Å². The minimum absolute atomic E-state index is 0.0764. The van der Waals surface area contributed by atoms with Crippen LogP contribution in [-0.4, -0.2) is 4.99 Å². The Bertz CT molecular complexity index is 661. The maximum atomic E-state index is 13.7. The molecule has 0 spiro atoms. The molecule has 0 saturated heterocycles. The summed E-state index contributed by atoms with van der Waals surface area (Å²) in [5.41, 5.74) is 5.95. The van der Waals surface area contributed by atoms with Crippen LogP contribution in [0.25, 0.3) is 0 Å². The van der Waals surface area contributed by atoms with Crippen LogP contribution < -0.4 is 10.5 Å². The number of rotatable bonds is 4. The molecule has 0 atom stereocenters. The highest BCUT2D eigenvalue weighted by molar-refractivity contribution is 7.80. The van der Waals surface area contributed by atoms with Crippen molar-refractivity contribution in [1.82, 2.24) is 0 Å². The lowest BCUT2D eigenvalue weighted by Crippen LogP contribution is -2.10. The summed E-state index contributed by atoms with van der Waals surface area (Å²) in [4.78, 5) is 0.0764. The molecular formula is C14H10F3NOS. The third-order valence-electron chi connectivity index (χ3n) is 2.61. The van der Waals surface area contributed by atoms with Crippen molar-refractivity contribution in [3.8, 4) is 5.75 Å². The Morgan fingerprint density at radius 2 is 1.80 bits per heavy atom. The van der Waals surface area contributed by atoms with Gasteiger partial charge in [-0.05, 0) is 18.2 Å². The maximum absolute atomic E-state index is 13.7. The lowest BCUT2D eigenvalue weighted by atomic mass is 10.1. The summed E-state index contributed by atoms with van der Waals surface area (Å²) in [7, 11) is 0. The van der Waals surface area contributed by atoms with E-state index in [2.05, 4.69) is 0 Å². The van der Waals surface area contributed by atoms with Crippen LogP contribution in [-0.2, 0) is 6.61 Å². The molecule has 2 rings (SSSR count). The van der Waals surface area contributed by atoms with Crippen LogP contribution in [0.4, 0.5) is 13.2 Å². The Labute approximate surface area is 119 Å². The minimum atomic E-state index is -0.716. The lowest BCUT2D eigenvalue weighted by molar-refractivity contribution is 0.283. The molecule has 0 aliphatic carbocycles. The highest BCUT2D eigenvalue weighted by Gasteiger charge is 2.09. The molecule has 0 radical (unpaired) electrons. The van der Waals surface area contributed by atoms with E-state index in [1.807, 2.05) is 0 Å². The van der Waals surface area contributed by atoms with Gasteiger partial charge < -0.3 is 10.5 Å². The summed E-state index contributed by atoms with van der Waals surface area (Å²) in [5.74, 6) is -2.20. The van der Waals surface area contributed by atoms with Crippen molar-refractivity contribution < 1.29 is 17.9 Å². The molecule has 0 fully saturated rings. The number of halogens is 3. The van der Waals surface area contributed by atoms with Crippen LogP contribution in [0.2, 0.25) is 0 Å². The van der Waals surface area contributed by atoms with Gasteiger partial charge in [-0.2, -0.15) is 0 Å². The second-order valence-electron chi connectivity index (χ2n) is 4.03. The molecule has 0 unspecified atom stereocenters. The van der Waals surface area contributed by atoms with Gasteiger partial charge in [-0.1, -0.05) is 24.4 Å². The summed E-state index contributed by atoms with van der Waals surface area (Å²) < 4.78 is 45.1. The quantitative estimate of drug-likeness (QED) is 0.879. The van der Waals surface area contributed by atoms with Gasteiger partial charge in [0.05, 0.1) is 0 Å². The van der Waals surface area contributed by atoms with E-state index in [9.17, 15) is 13.2 Å². The van der Waals surface area contributed by atoms with Crippen molar-refractivity contribution in [3.05, 3.63) is 65.0 Å². The lowest BCUT2D eigenvalue weighted by Gasteiger charge is -2.09. The summed E-state index contributed by atoms with van der Waals surface area (Å²) >= 11 is 4.73. The van der Waals surface area contributed by atoms with Gasteiger partial charge in [-0.15, -0.1) is 0 Å². The zero-order valence-electron chi connectivity index (χ0n) is 10.2. The predicted molar refractivity (Wildman–Crippen MR) is 73.0 cm³/mol. The predicted octanol–water partition coefficient (Wildman–Crippen LogP) is 3.32. The van der Waals surface area contributed by atoms with Gasteiger partial charge in [0.1, 0.15) is 23.2 Å². The van der Waals surface area contributed by atoms with Crippen LogP contribution in [0.5, 0.6) is 5.75 Å². The van der Waals surface area contributed by atoms with Crippen molar-refractivity contribution in [2.24, 2.45) is 5.73 Å². The second kappa shape index (κ2) is 5.92. The van der Waals surface area contributed by atoms with Crippen LogP contribution in [0.1, 0.15) is 11.1 Å².